The molecule has 0 saturated carbocycles. The van der Waals surface area contributed by atoms with E-state index in [2.05, 4.69) is 16.2 Å². The molecule has 0 bridgehead atoms. The molecular formula is C4H5N4. The number of nitrogens with two attached hydrogens (primary N) is 2. The Kier molecular flexibility index (Phi) is 0.997. The van der Waals surface area contributed by atoms with E-state index in [4.69, 9.17) is 11.5 Å². The molecule has 1 heterocycles. The van der Waals surface area contributed by atoms with Crippen LogP contribution in [0.25, 0.3) is 0 Å². The molecule has 0 aliphatic carbocycles. The Balaban J connectivity index is 3.08. The van der Waals surface area contributed by atoms with E-state index in [-0.39, 0.29) is 5.95 Å². The fourth-order valence-corrected chi connectivity index (χ4v) is 0.354. The third-order valence-electron chi connectivity index (χ3n) is 0.635. The summed E-state index contributed by atoms with van der Waals surface area (Å²) in [5.41, 5.74) is 10.3. The Bertz CT molecular complexity index is 168. The highest BCUT2D eigenvalue weighted by Crippen LogP contribution is 1.93. The van der Waals surface area contributed by atoms with Crippen molar-refractivity contribution < 1.29 is 0 Å². The van der Waals surface area contributed by atoms with E-state index in [1.54, 1.807) is 0 Å². The molecule has 4 N–H and O–H groups in total. The minimum Gasteiger partial charge on any atom is -0.384 e. The number of anilines is 2. The van der Waals surface area contributed by atoms with E-state index in [1.807, 2.05) is 0 Å². The topological polar surface area (TPSA) is 77.8 Å². The molecule has 1 aromatic heterocycles. The number of rotatable bonds is 0. The maximum atomic E-state index is 5.20. The Labute approximate surface area is 46.6 Å². The summed E-state index contributed by atoms with van der Waals surface area (Å²) in [7, 11) is 0. The van der Waals surface area contributed by atoms with Crippen molar-refractivity contribution in [3.8, 4) is 0 Å². The summed E-state index contributed by atoms with van der Waals surface area (Å²) in [5.74, 6) is 0.502. The number of hydrogen-bond acceptors (Lipinski definition) is 4. The van der Waals surface area contributed by atoms with Crippen molar-refractivity contribution in [2.45, 2.75) is 0 Å². The van der Waals surface area contributed by atoms with Crippen LogP contribution in [0.5, 0.6) is 0 Å². The van der Waals surface area contributed by atoms with Gasteiger partial charge in [-0.05, 0) is 0 Å². The van der Waals surface area contributed by atoms with E-state index in [1.165, 1.54) is 6.07 Å². The van der Waals surface area contributed by atoms with E-state index in [0.29, 0.717) is 5.82 Å². The minimum atomic E-state index is 0.157. The third kappa shape index (κ3) is 0.841. The van der Waals surface area contributed by atoms with Gasteiger partial charge in [-0.15, -0.1) is 0 Å². The minimum absolute atomic E-state index is 0.157. The van der Waals surface area contributed by atoms with Crippen molar-refractivity contribution in [1.29, 1.82) is 0 Å². The lowest BCUT2D eigenvalue weighted by Crippen LogP contribution is -1.97. The van der Waals surface area contributed by atoms with Gasteiger partial charge in [0.2, 0.25) is 5.95 Å². The van der Waals surface area contributed by atoms with Crippen LogP contribution in [0.3, 0.4) is 0 Å². The first-order chi connectivity index (χ1) is 3.79. The molecule has 1 aromatic rings. The van der Waals surface area contributed by atoms with E-state index >= 15 is 0 Å². The first-order valence-electron chi connectivity index (χ1n) is 2.05. The summed E-state index contributed by atoms with van der Waals surface area (Å²) in [5, 5.41) is 0. The summed E-state index contributed by atoms with van der Waals surface area (Å²) in [4.78, 5) is 7.09. The fraction of sp³-hybridized carbons (Fsp3) is 0. The van der Waals surface area contributed by atoms with Crippen LogP contribution in [0.1, 0.15) is 0 Å². The highest BCUT2D eigenvalue weighted by molar-refractivity contribution is 5.30. The highest BCUT2D eigenvalue weighted by atomic mass is 15.0. The van der Waals surface area contributed by atoms with Gasteiger partial charge < -0.3 is 11.5 Å². The summed E-state index contributed by atoms with van der Waals surface area (Å²) in [6, 6.07) is 1.45. The molecule has 41 valence electrons. The van der Waals surface area contributed by atoms with Crippen LogP contribution in [0, 0.1) is 6.20 Å². The molecule has 4 nitrogen and oxygen atoms in total. The van der Waals surface area contributed by atoms with Crippen LogP contribution < -0.4 is 11.5 Å². The Morgan fingerprint density at radius 3 is 2.62 bits per heavy atom. The van der Waals surface area contributed by atoms with Gasteiger partial charge in [0, 0.05) is 6.07 Å². The summed E-state index contributed by atoms with van der Waals surface area (Å²) in [6.07, 6.45) is 2.47. The lowest BCUT2D eigenvalue weighted by Gasteiger charge is -1.88. The van der Waals surface area contributed by atoms with Gasteiger partial charge >= 0.3 is 0 Å². The van der Waals surface area contributed by atoms with Gasteiger partial charge in [0.25, 0.3) is 0 Å². The lowest BCUT2D eigenvalue weighted by molar-refractivity contribution is 1.19. The quantitative estimate of drug-likeness (QED) is 0.468. The summed E-state index contributed by atoms with van der Waals surface area (Å²) in [6.45, 7) is 0. The van der Waals surface area contributed by atoms with Crippen LogP contribution in [0.2, 0.25) is 0 Å². The number of nitrogens with zero attached hydrogens (tertiary/aromatic N) is 2. The van der Waals surface area contributed by atoms with Crippen LogP contribution >= 0.6 is 0 Å². The van der Waals surface area contributed by atoms with Gasteiger partial charge in [-0.1, -0.05) is 0 Å². The van der Waals surface area contributed by atoms with Crippen molar-refractivity contribution >= 4 is 11.8 Å². The molecule has 0 unspecified atom stereocenters. The fourth-order valence-electron chi connectivity index (χ4n) is 0.354. The third-order valence-corrected chi connectivity index (χ3v) is 0.635. The molecule has 0 aromatic carbocycles. The molecule has 1 rings (SSSR count). The average molecular weight is 109 g/mol. The number of hydrogen-bond donors (Lipinski definition) is 2. The van der Waals surface area contributed by atoms with Gasteiger partial charge in [0.15, 0.2) is 0 Å². The number of nitrogen functional groups attached to an aromatic ring is 2. The molecule has 0 amide bonds. The standard InChI is InChI=1S/C4H5N4/c5-3-1-2-7-4(6)8-3/h1H,(H4,5,6,7,8). The highest BCUT2D eigenvalue weighted by Gasteiger charge is 1.85. The largest absolute Gasteiger partial charge is 0.384 e. The molecular weight excluding hydrogens is 104 g/mol. The molecule has 0 spiro atoms. The second-order valence-corrected chi connectivity index (χ2v) is 1.28. The first kappa shape index (κ1) is 4.83. The van der Waals surface area contributed by atoms with Crippen LogP contribution in [0.4, 0.5) is 11.8 Å². The average Bonchev–Trinajstić information content (AvgIpc) is 1.64. The molecule has 4 heteroatoms. The molecule has 0 saturated heterocycles. The van der Waals surface area contributed by atoms with Gasteiger partial charge in [-0.2, -0.15) is 4.98 Å². The van der Waals surface area contributed by atoms with E-state index in [0.717, 1.165) is 0 Å². The van der Waals surface area contributed by atoms with Crippen molar-refractivity contribution in [3.63, 3.8) is 0 Å². The van der Waals surface area contributed by atoms with Gasteiger partial charge in [0.1, 0.15) is 5.82 Å². The zero-order chi connectivity index (χ0) is 5.98. The zero-order valence-electron chi connectivity index (χ0n) is 4.13. The molecule has 0 aliphatic rings. The van der Waals surface area contributed by atoms with Crippen LogP contribution in [0.15, 0.2) is 6.07 Å². The predicted molar refractivity (Wildman–Crippen MR) is 29.7 cm³/mol. The summed E-state index contributed by atoms with van der Waals surface area (Å²) >= 11 is 0. The molecule has 0 atom stereocenters. The predicted octanol–water partition coefficient (Wildman–Crippen LogP) is -0.559. The monoisotopic (exact) mass is 109 g/mol. The number of aromatic nitrogens is 2. The van der Waals surface area contributed by atoms with E-state index in [9.17, 15) is 0 Å². The van der Waals surface area contributed by atoms with Gasteiger partial charge in [0.05, 0.1) is 6.20 Å². The zero-order valence-corrected chi connectivity index (χ0v) is 4.13. The molecule has 8 heavy (non-hydrogen) atoms. The smallest absolute Gasteiger partial charge is 0.222 e. The van der Waals surface area contributed by atoms with E-state index < -0.39 is 0 Å². The first-order valence-corrected chi connectivity index (χ1v) is 2.05. The summed E-state index contributed by atoms with van der Waals surface area (Å²) < 4.78 is 0. The van der Waals surface area contributed by atoms with Crippen LogP contribution in [-0.4, -0.2) is 9.97 Å². The lowest BCUT2D eigenvalue weighted by atomic mass is 10.6. The second-order valence-electron chi connectivity index (χ2n) is 1.28. The second kappa shape index (κ2) is 1.65. The van der Waals surface area contributed by atoms with Crippen molar-refractivity contribution in [1.82, 2.24) is 9.97 Å². The maximum absolute atomic E-state index is 5.20. The Hall–Kier alpha value is -1.32. The SMILES string of the molecule is Nc1c[c]nc(N)n1. The van der Waals surface area contributed by atoms with Gasteiger partial charge in [-0.3, -0.25) is 0 Å². The molecule has 0 fully saturated rings. The molecule has 1 radical (unpaired) electrons. The maximum Gasteiger partial charge on any atom is 0.222 e. The van der Waals surface area contributed by atoms with Crippen LogP contribution in [-0.2, 0) is 0 Å². The van der Waals surface area contributed by atoms with Gasteiger partial charge in [-0.25, -0.2) is 4.98 Å². The van der Waals surface area contributed by atoms with Crippen molar-refractivity contribution in [2.75, 3.05) is 11.5 Å². The van der Waals surface area contributed by atoms with Crippen molar-refractivity contribution in [2.24, 2.45) is 0 Å². The van der Waals surface area contributed by atoms with Crippen molar-refractivity contribution in [3.05, 3.63) is 12.3 Å². The molecule has 0 aliphatic heterocycles. The normalized spacial score (nSPS) is 9.00. The Morgan fingerprint density at radius 2 is 2.25 bits per heavy atom. The Morgan fingerprint density at radius 1 is 1.50 bits per heavy atom.